The van der Waals surface area contributed by atoms with E-state index in [9.17, 15) is 0 Å². The first kappa shape index (κ1) is 17.0. The molecule has 1 aromatic heterocycles. The predicted molar refractivity (Wildman–Crippen MR) is 93.2 cm³/mol. The van der Waals surface area contributed by atoms with Gasteiger partial charge in [0.15, 0.2) is 5.69 Å². The van der Waals surface area contributed by atoms with Gasteiger partial charge in [0.2, 0.25) is 0 Å². The smallest absolute Gasteiger partial charge is 0.158 e. The molecule has 1 aromatic carbocycles. The second-order valence-electron chi connectivity index (χ2n) is 5.62. The minimum Gasteiger partial charge on any atom is -0.373 e. The molecule has 0 aliphatic carbocycles. The van der Waals surface area contributed by atoms with Crippen LogP contribution in [0.1, 0.15) is 24.1 Å². The van der Waals surface area contributed by atoms with E-state index in [0.717, 1.165) is 37.3 Å². The SMILES string of the molecule is N#Cc1cnc(N2CCC(OCc3ccc(Cl)c(Cl)c3)CC2)cn1. The first-order chi connectivity index (χ1) is 11.7. The molecule has 5 nitrogen and oxygen atoms in total. The topological polar surface area (TPSA) is 62.0 Å². The van der Waals surface area contributed by atoms with E-state index in [-0.39, 0.29) is 6.10 Å². The molecule has 0 unspecified atom stereocenters. The highest BCUT2D eigenvalue weighted by Crippen LogP contribution is 2.24. The van der Waals surface area contributed by atoms with Crippen molar-refractivity contribution in [3.63, 3.8) is 0 Å². The summed E-state index contributed by atoms with van der Waals surface area (Å²) in [5, 5.41) is 9.86. The third-order valence-electron chi connectivity index (χ3n) is 3.99. The number of nitrogens with zero attached hydrogens (tertiary/aromatic N) is 4. The van der Waals surface area contributed by atoms with Crippen LogP contribution in [0.4, 0.5) is 5.82 Å². The van der Waals surface area contributed by atoms with Gasteiger partial charge in [0, 0.05) is 13.1 Å². The fourth-order valence-electron chi connectivity index (χ4n) is 2.64. The van der Waals surface area contributed by atoms with E-state index in [2.05, 4.69) is 14.9 Å². The van der Waals surface area contributed by atoms with Gasteiger partial charge >= 0.3 is 0 Å². The average molecular weight is 363 g/mol. The number of rotatable bonds is 4. The van der Waals surface area contributed by atoms with Crippen LogP contribution in [0.5, 0.6) is 0 Å². The van der Waals surface area contributed by atoms with Crippen molar-refractivity contribution >= 4 is 29.0 Å². The molecule has 124 valence electrons. The summed E-state index contributed by atoms with van der Waals surface area (Å²) >= 11 is 11.9. The lowest BCUT2D eigenvalue weighted by molar-refractivity contribution is 0.0250. The fraction of sp³-hybridized carbons (Fsp3) is 0.353. The Kier molecular flexibility index (Phi) is 5.52. The van der Waals surface area contributed by atoms with Crippen molar-refractivity contribution in [3.8, 4) is 6.07 Å². The largest absolute Gasteiger partial charge is 0.373 e. The summed E-state index contributed by atoms with van der Waals surface area (Å²) in [6, 6.07) is 7.53. The molecular formula is C17H16Cl2N4O. The van der Waals surface area contributed by atoms with Gasteiger partial charge in [0.05, 0.1) is 35.1 Å². The molecule has 7 heteroatoms. The zero-order chi connectivity index (χ0) is 16.9. The van der Waals surface area contributed by atoms with Gasteiger partial charge < -0.3 is 9.64 Å². The molecule has 1 aliphatic rings. The summed E-state index contributed by atoms with van der Waals surface area (Å²) in [5.41, 5.74) is 1.35. The molecule has 1 fully saturated rings. The van der Waals surface area contributed by atoms with Crippen molar-refractivity contribution in [2.45, 2.75) is 25.6 Å². The number of anilines is 1. The highest BCUT2D eigenvalue weighted by atomic mass is 35.5. The van der Waals surface area contributed by atoms with E-state index in [0.29, 0.717) is 22.3 Å². The number of nitriles is 1. The standard InChI is InChI=1S/C17H16Cl2N4O/c18-15-2-1-12(7-16(15)19)11-24-14-3-5-23(6-4-14)17-10-21-13(8-20)9-22-17/h1-2,7,9-10,14H,3-6,11H2. The van der Waals surface area contributed by atoms with Crippen molar-refractivity contribution in [2.75, 3.05) is 18.0 Å². The van der Waals surface area contributed by atoms with Gasteiger partial charge in [-0.25, -0.2) is 9.97 Å². The number of piperidine rings is 1. The van der Waals surface area contributed by atoms with E-state index in [4.69, 9.17) is 33.2 Å². The molecule has 1 saturated heterocycles. The molecule has 0 bridgehead atoms. The van der Waals surface area contributed by atoms with Crippen molar-refractivity contribution in [1.82, 2.24) is 9.97 Å². The summed E-state index contributed by atoms with van der Waals surface area (Å²) in [7, 11) is 0. The van der Waals surface area contributed by atoms with Crippen LogP contribution in [0.3, 0.4) is 0 Å². The van der Waals surface area contributed by atoms with Crippen LogP contribution in [0.2, 0.25) is 10.0 Å². The molecule has 24 heavy (non-hydrogen) atoms. The quantitative estimate of drug-likeness (QED) is 0.826. The summed E-state index contributed by atoms with van der Waals surface area (Å²) in [6.45, 7) is 2.23. The van der Waals surface area contributed by atoms with Crippen LogP contribution in [0, 0.1) is 11.3 Å². The van der Waals surface area contributed by atoms with Crippen LogP contribution in [-0.4, -0.2) is 29.2 Å². The van der Waals surface area contributed by atoms with Gasteiger partial charge in [-0.1, -0.05) is 29.3 Å². The Morgan fingerprint density at radius 1 is 1.17 bits per heavy atom. The maximum atomic E-state index is 8.76. The number of aromatic nitrogens is 2. The minimum absolute atomic E-state index is 0.210. The molecule has 2 aromatic rings. The number of hydrogen-bond acceptors (Lipinski definition) is 5. The van der Waals surface area contributed by atoms with Crippen LogP contribution < -0.4 is 4.90 Å². The maximum absolute atomic E-state index is 8.76. The Bertz CT molecular complexity index is 737. The molecule has 0 N–H and O–H groups in total. The summed E-state index contributed by atoms with van der Waals surface area (Å²) in [5.74, 6) is 0.803. The molecular weight excluding hydrogens is 347 g/mol. The predicted octanol–water partition coefficient (Wildman–Crippen LogP) is 3.84. The minimum atomic E-state index is 0.210. The molecule has 0 amide bonds. The summed E-state index contributed by atoms with van der Waals surface area (Å²) in [6.07, 6.45) is 5.20. The second-order valence-corrected chi connectivity index (χ2v) is 6.43. The average Bonchev–Trinajstić information content (AvgIpc) is 2.63. The van der Waals surface area contributed by atoms with Gasteiger partial charge in [-0.2, -0.15) is 5.26 Å². The fourth-order valence-corrected chi connectivity index (χ4v) is 2.96. The summed E-state index contributed by atoms with van der Waals surface area (Å²) < 4.78 is 5.98. The lowest BCUT2D eigenvalue weighted by Crippen LogP contribution is -2.37. The second kappa shape index (κ2) is 7.80. The van der Waals surface area contributed by atoms with Gasteiger partial charge in [0.1, 0.15) is 11.9 Å². The Balaban J connectivity index is 1.49. The third kappa shape index (κ3) is 4.15. The van der Waals surface area contributed by atoms with Crippen molar-refractivity contribution in [2.24, 2.45) is 0 Å². The Labute approximate surface area is 150 Å². The Hall–Kier alpha value is -1.87. The maximum Gasteiger partial charge on any atom is 0.158 e. The van der Waals surface area contributed by atoms with E-state index in [1.54, 1.807) is 12.3 Å². The first-order valence-corrected chi connectivity index (χ1v) is 8.44. The number of hydrogen-bond donors (Lipinski definition) is 0. The lowest BCUT2D eigenvalue weighted by Gasteiger charge is -2.32. The van der Waals surface area contributed by atoms with Gasteiger partial charge in [-0.05, 0) is 30.5 Å². The molecule has 2 heterocycles. The van der Waals surface area contributed by atoms with E-state index in [1.165, 1.54) is 6.20 Å². The zero-order valence-electron chi connectivity index (χ0n) is 13.0. The highest BCUT2D eigenvalue weighted by Gasteiger charge is 2.21. The van der Waals surface area contributed by atoms with Crippen LogP contribution in [0.15, 0.2) is 30.6 Å². The summed E-state index contributed by atoms with van der Waals surface area (Å²) in [4.78, 5) is 10.5. The van der Waals surface area contributed by atoms with Crippen LogP contribution >= 0.6 is 23.2 Å². The molecule has 0 saturated carbocycles. The van der Waals surface area contributed by atoms with Gasteiger partial charge in [-0.3, -0.25) is 0 Å². The van der Waals surface area contributed by atoms with E-state index >= 15 is 0 Å². The zero-order valence-corrected chi connectivity index (χ0v) is 14.5. The number of halogens is 2. The molecule has 0 radical (unpaired) electrons. The Morgan fingerprint density at radius 2 is 1.96 bits per heavy atom. The third-order valence-corrected chi connectivity index (χ3v) is 4.73. The number of ether oxygens (including phenoxy) is 1. The molecule has 1 aliphatic heterocycles. The van der Waals surface area contributed by atoms with Crippen molar-refractivity contribution in [1.29, 1.82) is 5.26 Å². The van der Waals surface area contributed by atoms with Crippen LogP contribution in [-0.2, 0) is 11.3 Å². The van der Waals surface area contributed by atoms with Crippen molar-refractivity contribution < 1.29 is 4.74 Å². The van der Waals surface area contributed by atoms with E-state index < -0.39 is 0 Å². The Morgan fingerprint density at radius 3 is 2.58 bits per heavy atom. The molecule has 0 atom stereocenters. The first-order valence-electron chi connectivity index (χ1n) is 7.68. The highest BCUT2D eigenvalue weighted by molar-refractivity contribution is 6.42. The molecule has 3 rings (SSSR count). The van der Waals surface area contributed by atoms with Gasteiger partial charge in [0.25, 0.3) is 0 Å². The van der Waals surface area contributed by atoms with Crippen LogP contribution in [0.25, 0.3) is 0 Å². The lowest BCUT2D eigenvalue weighted by atomic mass is 10.1. The van der Waals surface area contributed by atoms with E-state index in [1.807, 2.05) is 18.2 Å². The number of benzene rings is 1. The van der Waals surface area contributed by atoms with Crippen molar-refractivity contribution in [3.05, 3.63) is 51.9 Å². The van der Waals surface area contributed by atoms with Gasteiger partial charge in [-0.15, -0.1) is 0 Å². The molecule has 0 spiro atoms. The normalized spacial score (nSPS) is 15.3. The monoisotopic (exact) mass is 362 g/mol.